The fraction of sp³-hybridized carbons (Fsp3) is 0.342. The van der Waals surface area contributed by atoms with E-state index >= 15 is 0 Å². The number of anilines is 2. The summed E-state index contributed by atoms with van der Waals surface area (Å²) >= 11 is 0. The van der Waals surface area contributed by atoms with Crippen LogP contribution >= 0.6 is 0 Å². The van der Waals surface area contributed by atoms with Gasteiger partial charge in [-0.15, -0.1) is 0 Å². The summed E-state index contributed by atoms with van der Waals surface area (Å²) in [6.07, 6.45) is 5.82. The summed E-state index contributed by atoms with van der Waals surface area (Å²) in [5.74, 6) is -0.0863. The Balaban J connectivity index is 1.64. The lowest BCUT2D eigenvalue weighted by atomic mass is 9.91. The van der Waals surface area contributed by atoms with Crippen molar-refractivity contribution in [3.63, 3.8) is 0 Å². The van der Waals surface area contributed by atoms with Crippen LogP contribution in [0.15, 0.2) is 91.3 Å². The zero-order valence-corrected chi connectivity index (χ0v) is 27.3. The highest BCUT2D eigenvalue weighted by atomic mass is 16.2. The van der Waals surface area contributed by atoms with Gasteiger partial charge in [-0.2, -0.15) is 0 Å². The lowest BCUT2D eigenvalue weighted by Crippen LogP contribution is -2.32. The molecule has 0 spiro atoms. The molecule has 0 aliphatic carbocycles. The van der Waals surface area contributed by atoms with Gasteiger partial charge in [-0.05, 0) is 70.0 Å². The topological polar surface area (TPSA) is 91.6 Å². The van der Waals surface area contributed by atoms with Crippen LogP contribution < -0.4 is 16.0 Å². The van der Waals surface area contributed by atoms with E-state index in [2.05, 4.69) is 86.3 Å². The van der Waals surface area contributed by atoms with E-state index in [4.69, 9.17) is 5.73 Å². The van der Waals surface area contributed by atoms with Crippen molar-refractivity contribution in [2.75, 3.05) is 23.8 Å². The Morgan fingerprint density at radius 2 is 1.56 bits per heavy atom. The lowest BCUT2D eigenvalue weighted by Gasteiger charge is -2.27. The smallest absolute Gasteiger partial charge is 0.257 e. The van der Waals surface area contributed by atoms with Crippen LogP contribution in [0.2, 0.25) is 0 Å². The van der Waals surface area contributed by atoms with Gasteiger partial charge in [0.1, 0.15) is 0 Å². The van der Waals surface area contributed by atoms with E-state index in [-0.39, 0.29) is 17.2 Å². The predicted molar refractivity (Wildman–Crippen MR) is 185 cm³/mol. The lowest BCUT2D eigenvalue weighted by molar-refractivity contribution is -0.134. The van der Waals surface area contributed by atoms with Crippen LogP contribution in [0.25, 0.3) is 11.1 Å². The number of carbonyl (C=O) groups is 2. The van der Waals surface area contributed by atoms with Crippen molar-refractivity contribution in [2.24, 2.45) is 11.1 Å². The fourth-order valence-corrected chi connectivity index (χ4v) is 5.30. The van der Waals surface area contributed by atoms with Gasteiger partial charge < -0.3 is 20.9 Å². The van der Waals surface area contributed by atoms with Crippen LogP contribution in [-0.2, 0) is 24.4 Å². The molecule has 0 atom stereocenters. The predicted octanol–water partition coefficient (Wildman–Crippen LogP) is 7.66. The molecule has 0 unspecified atom stereocenters. The molecule has 0 radical (unpaired) electrons. The molecule has 3 N–H and O–H groups in total. The average molecular weight is 606 g/mol. The number of aromatic nitrogens is 1. The zero-order valence-electron chi connectivity index (χ0n) is 27.3. The molecule has 4 rings (SSSR count). The third kappa shape index (κ3) is 9.75. The molecule has 7 heteroatoms. The number of nitrogens with one attached hydrogen (secondary N) is 1. The van der Waals surface area contributed by atoms with Gasteiger partial charge in [0.2, 0.25) is 5.91 Å². The van der Waals surface area contributed by atoms with Gasteiger partial charge in [0.25, 0.3) is 5.91 Å². The molecule has 45 heavy (non-hydrogen) atoms. The normalized spacial score (nSPS) is 11.2. The Hall–Kier alpha value is -4.49. The first-order valence-electron chi connectivity index (χ1n) is 15.8. The standard InChI is InChI=1S/C38H47N5O2/c1-6-7-19-42(5)35-17-16-32(22-34(35)41-37(45)33-15-10-18-40-25-33)31-14-9-13-30(21-31)27-43(36(44)23-38(2,3)4)26-29-12-8-11-28(20-29)24-39/h8-18,20-22,25H,6-7,19,23-24,26-27,39H2,1-5H3,(H,41,45). The van der Waals surface area contributed by atoms with Crippen molar-refractivity contribution >= 4 is 23.2 Å². The first-order chi connectivity index (χ1) is 21.6. The number of benzene rings is 3. The van der Waals surface area contributed by atoms with E-state index in [0.717, 1.165) is 58.6 Å². The number of pyridine rings is 1. The van der Waals surface area contributed by atoms with E-state index in [1.165, 1.54) is 0 Å². The molecule has 236 valence electrons. The molecule has 0 aliphatic rings. The first-order valence-corrected chi connectivity index (χ1v) is 15.8. The second-order valence-corrected chi connectivity index (χ2v) is 12.9. The minimum Gasteiger partial charge on any atom is -0.373 e. The van der Waals surface area contributed by atoms with Crippen molar-refractivity contribution < 1.29 is 9.59 Å². The van der Waals surface area contributed by atoms with Gasteiger partial charge in [0.05, 0.1) is 16.9 Å². The van der Waals surface area contributed by atoms with Gasteiger partial charge in [0.15, 0.2) is 0 Å². The third-order valence-electron chi connectivity index (χ3n) is 7.70. The Kier molecular flexibility index (Phi) is 11.5. The molecule has 0 aliphatic heterocycles. The quantitative estimate of drug-likeness (QED) is 0.163. The molecule has 7 nitrogen and oxygen atoms in total. The number of unbranched alkanes of at least 4 members (excludes halogenated alkanes) is 1. The molecule has 0 fully saturated rings. The van der Waals surface area contributed by atoms with Crippen molar-refractivity contribution in [3.05, 3.63) is 114 Å². The van der Waals surface area contributed by atoms with E-state index in [0.29, 0.717) is 31.6 Å². The van der Waals surface area contributed by atoms with Crippen LogP contribution in [-0.4, -0.2) is 35.3 Å². The van der Waals surface area contributed by atoms with Crippen LogP contribution in [0.3, 0.4) is 0 Å². The number of rotatable bonds is 13. The van der Waals surface area contributed by atoms with E-state index in [9.17, 15) is 9.59 Å². The highest BCUT2D eigenvalue weighted by molar-refractivity contribution is 6.06. The molecule has 0 saturated carbocycles. The summed E-state index contributed by atoms with van der Waals surface area (Å²) in [4.78, 5) is 35.0. The number of nitrogens with two attached hydrogens (primary N) is 1. The van der Waals surface area contributed by atoms with E-state index in [1.54, 1.807) is 24.5 Å². The monoisotopic (exact) mass is 605 g/mol. The molecule has 2 amide bonds. The Morgan fingerprint density at radius 1 is 0.867 bits per heavy atom. The summed E-state index contributed by atoms with van der Waals surface area (Å²) in [5.41, 5.74) is 13.1. The molecule has 3 aromatic carbocycles. The second-order valence-electron chi connectivity index (χ2n) is 12.9. The Bertz CT molecular complexity index is 1580. The van der Waals surface area contributed by atoms with Crippen LogP contribution in [0.5, 0.6) is 0 Å². The Labute approximate surface area is 268 Å². The van der Waals surface area contributed by atoms with Crippen LogP contribution in [0, 0.1) is 5.41 Å². The van der Waals surface area contributed by atoms with Gasteiger partial charge in [-0.1, -0.05) is 82.6 Å². The van der Waals surface area contributed by atoms with Gasteiger partial charge in [-0.3, -0.25) is 14.6 Å². The average Bonchev–Trinajstić information content (AvgIpc) is 3.03. The van der Waals surface area contributed by atoms with E-state index < -0.39 is 0 Å². The zero-order chi connectivity index (χ0) is 32.4. The summed E-state index contributed by atoms with van der Waals surface area (Å²) in [7, 11) is 2.05. The van der Waals surface area contributed by atoms with Crippen molar-refractivity contribution in [3.8, 4) is 11.1 Å². The number of amides is 2. The van der Waals surface area contributed by atoms with Crippen LogP contribution in [0.1, 0.15) is 74.0 Å². The van der Waals surface area contributed by atoms with Crippen molar-refractivity contribution in [1.29, 1.82) is 0 Å². The largest absolute Gasteiger partial charge is 0.373 e. The summed E-state index contributed by atoms with van der Waals surface area (Å²) in [6, 6.07) is 26.1. The summed E-state index contributed by atoms with van der Waals surface area (Å²) in [6.45, 7) is 10.8. The number of hydrogen-bond acceptors (Lipinski definition) is 5. The number of nitrogens with zero attached hydrogens (tertiary/aromatic N) is 3. The SMILES string of the molecule is CCCCN(C)c1ccc(-c2cccc(CN(Cc3cccc(CN)c3)C(=O)CC(C)(C)C)c2)cc1NC(=O)c1cccnc1. The van der Waals surface area contributed by atoms with Gasteiger partial charge in [-0.25, -0.2) is 0 Å². The maximum absolute atomic E-state index is 13.6. The molecule has 0 bridgehead atoms. The molecule has 0 saturated heterocycles. The highest BCUT2D eigenvalue weighted by Gasteiger charge is 2.22. The third-order valence-corrected chi connectivity index (χ3v) is 7.70. The van der Waals surface area contributed by atoms with Crippen LogP contribution in [0.4, 0.5) is 11.4 Å². The first kappa shape index (κ1) is 33.4. The molecule has 1 aromatic heterocycles. The van der Waals surface area contributed by atoms with Gasteiger partial charge in [0, 0.05) is 52.0 Å². The highest BCUT2D eigenvalue weighted by Crippen LogP contribution is 2.33. The summed E-state index contributed by atoms with van der Waals surface area (Å²) in [5, 5.41) is 3.13. The van der Waals surface area contributed by atoms with Crippen molar-refractivity contribution in [1.82, 2.24) is 9.88 Å². The minimum absolute atomic E-state index is 0.117. The van der Waals surface area contributed by atoms with Crippen molar-refractivity contribution in [2.45, 2.75) is 66.6 Å². The maximum atomic E-state index is 13.6. The van der Waals surface area contributed by atoms with E-state index in [1.807, 2.05) is 35.2 Å². The molecular weight excluding hydrogens is 558 g/mol. The maximum Gasteiger partial charge on any atom is 0.257 e. The second kappa shape index (κ2) is 15.5. The fourth-order valence-electron chi connectivity index (χ4n) is 5.30. The molecule has 1 heterocycles. The molecular formula is C38H47N5O2. The summed E-state index contributed by atoms with van der Waals surface area (Å²) < 4.78 is 0. The number of hydrogen-bond donors (Lipinski definition) is 2. The molecule has 4 aromatic rings. The van der Waals surface area contributed by atoms with Gasteiger partial charge >= 0.3 is 0 Å². The minimum atomic E-state index is -0.203. The number of carbonyl (C=O) groups excluding carboxylic acids is 2. The Morgan fingerprint density at radius 3 is 2.22 bits per heavy atom.